The lowest BCUT2D eigenvalue weighted by Crippen LogP contribution is -2.10. The van der Waals surface area contributed by atoms with Crippen LogP contribution in [0.5, 0.6) is 0 Å². The Hall–Kier alpha value is -2.40. The molecule has 0 saturated carbocycles. The van der Waals surface area contributed by atoms with Gasteiger partial charge in [0, 0.05) is 10.9 Å². The van der Waals surface area contributed by atoms with E-state index in [0.29, 0.717) is 10.7 Å². The predicted molar refractivity (Wildman–Crippen MR) is 88.4 cm³/mol. The van der Waals surface area contributed by atoms with E-state index >= 15 is 0 Å². The largest absolute Gasteiger partial charge is 0.472 e. The van der Waals surface area contributed by atoms with E-state index < -0.39 is 0 Å². The Bertz CT molecular complexity index is 819. The van der Waals surface area contributed by atoms with Crippen molar-refractivity contribution in [2.75, 3.05) is 5.32 Å². The summed E-state index contributed by atoms with van der Waals surface area (Å²) < 4.78 is 4.91. The Kier molecular flexibility index (Phi) is 3.81. The van der Waals surface area contributed by atoms with Gasteiger partial charge in [0.1, 0.15) is 6.26 Å². The summed E-state index contributed by atoms with van der Waals surface area (Å²) in [7, 11) is 0. The maximum Gasteiger partial charge on any atom is 0.260 e. The van der Waals surface area contributed by atoms with Gasteiger partial charge in [0.05, 0.1) is 17.5 Å². The van der Waals surface area contributed by atoms with Crippen LogP contribution in [0.4, 0.5) is 5.13 Å². The van der Waals surface area contributed by atoms with E-state index in [4.69, 9.17) is 4.42 Å². The van der Waals surface area contributed by atoms with Crippen LogP contribution in [0.1, 0.15) is 27.0 Å². The normalized spacial score (nSPS) is 10.7. The van der Waals surface area contributed by atoms with Crippen molar-refractivity contribution in [2.24, 2.45) is 0 Å². The van der Waals surface area contributed by atoms with Crippen molar-refractivity contribution in [1.29, 1.82) is 0 Å². The molecule has 4 nitrogen and oxygen atoms in total. The standard InChI is InChI=1S/C17H16N2O2S/c1-10-6-12(3)14(7-11(10)2)15-9-22-17(18-15)19-16(20)13-4-5-21-8-13/h4-9H,1-3H3,(H,18,19,20). The minimum absolute atomic E-state index is 0.216. The zero-order valence-corrected chi connectivity index (χ0v) is 13.5. The first-order chi connectivity index (χ1) is 10.5. The SMILES string of the molecule is Cc1cc(C)c(-c2csc(NC(=O)c3ccoc3)n2)cc1C. The fraction of sp³-hybridized carbons (Fsp3) is 0.176. The minimum Gasteiger partial charge on any atom is -0.472 e. The zero-order valence-electron chi connectivity index (χ0n) is 12.6. The number of hydrogen-bond donors (Lipinski definition) is 1. The number of carbonyl (C=O) groups excluding carboxylic acids is 1. The highest BCUT2D eigenvalue weighted by atomic mass is 32.1. The molecule has 3 aromatic rings. The summed E-state index contributed by atoms with van der Waals surface area (Å²) in [5.41, 5.74) is 6.15. The van der Waals surface area contributed by atoms with Gasteiger partial charge in [-0.3, -0.25) is 10.1 Å². The maximum atomic E-state index is 12.0. The molecule has 0 atom stereocenters. The quantitative estimate of drug-likeness (QED) is 0.770. The Balaban J connectivity index is 1.85. The Morgan fingerprint density at radius 3 is 2.68 bits per heavy atom. The highest BCUT2D eigenvalue weighted by Crippen LogP contribution is 2.29. The first kappa shape index (κ1) is 14.5. The highest BCUT2D eigenvalue weighted by molar-refractivity contribution is 7.14. The van der Waals surface area contributed by atoms with E-state index in [-0.39, 0.29) is 5.91 Å². The number of hydrogen-bond acceptors (Lipinski definition) is 4. The van der Waals surface area contributed by atoms with Gasteiger partial charge in [-0.1, -0.05) is 6.07 Å². The number of benzene rings is 1. The van der Waals surface area contributed by atoms with Gasteiger partial charge in [0.15, 0.2) is 5.13 Å². The van der Waals surface area contributed by atoms with Gasteiger partial charge in [0.25, 0.3) is 5.91 Å². The molecule has 1 amide bonds. The number of rotatable bonds is 3. The van der Waals surface area contributed by atoms with Gasteiger partial charge < -0.3 is 4.42 Å². The summed E-state index contributed by atoms with van der Waals surface area (Å²) in [6.45, 7) is 6.26. The molecule has 0 aliphatic heterocycles. The van der Waals surface area contributed by atoms with Crippen LogP contribution in [0.2, 0.25) is 0 Å². The molecular formula is C17H16N2O2S. The van der Waals surface area contributed by atoms with E-state index in [1.165, 1.54) is 40.6 Å². The number of furan rings is 1. The van der Waals surface area contributed by atoms with Crippen molar-refractivity contribution in [1.82, 2.24) is 4.98 Å². The van der Waals surface area contributed by atoms with Crippen molar-refractivity contribution < 1.29 is 9.21 Å². The molecular weight excluding hydrogens is 296 g/mol. The first-order valence-corrected chi connectivity index (χ1v) is 7.80. The molecule has 5 heteroatoms. The molecule has 0 radical (unpaired) electrons. The number of nitrogens with zero attached hydrogens (tertiary/aromatic N) is 1. The van der Waals surface area contributed by atoms with E-state index in [1.807, 2.05) is 5.38 Å². The second kappa shape index (κ2) is 5.77. The smallest absolute Gasteiger partial charge is 0.260 e. The molecule has 0 aliphatic carbocycles. The van der Waals surface area contributed by atoms with Gasteiger partial charge in [-0.05, 0) is 49.6 Å². The molecule has 1 aromatic carbocycles. The van der Waals surface area contributed by atoms with Gasteiger partial charge in [-0.15, -0.1) is 11.3 Å². The van der Waals surface area contributed by atoms with Crippen LogP contribution in [0, 0.1) is 20.8 Å². The van der Waals surface area contributed by atoms with E-state index in [9.17, 15) is 4.79 Å². The average molecular weight is 312 g/mol. The second-order valence-electron chi connectivity index (χ2n) is 5.26. The number of carbonyl (C=O) groups is 1. The zero-order chi connectivity index (χ0) is 15.7. The van der Waals surface area contributed by atoms with E-state index in [1.54, 1.807) is 6.07 Å². The minimum atomic E-state index is -0.216. The number of amides is 1. The number of aromatic nitrogens is 1. The Morgan fingerprint density at radius 2 is 1.95 bits per heavy atom. The molecule has 3 rings (SSSR count). The van der Waals surface area contributed by atoms with Gasteiger partial charge in [-0.25, -0.2) is 4.98 Å². The lowest BCUT2D eigenvalue weighted by atomic mass is 9.99. The first-order valence-electron chi connectivity index (χ1n) is 6.92. The van der Waals surface area contributed by atoms with E-state index in [2.05, 4.69) is 43.2 Å². The van der Waals surface area contributed by atoms with Crippen molar-refractivity contribution in [3.05, 3.63) is 58.4 Å². The summed E-state index contributed by atoms with van der Waals surface area (Å²) in [5, 5.41) is 5.33. The summed E-state index contributed by atoms with van der Waals surface area (Å²) >= 11 is 1.42. The third-order valence-electron chi connectivity index (χ3n) is 3.62. The molecule has 22 heavy (non-hydrogen) atoms. The Morgan fingerprint density at radius 1 is 1.18 bits per heavy atom. The van der Waals surface area contributed by atoms with Crippen molar-refractivity contribution in [2.45, 2.75) is 20.8 Å². The topological polar surface area (TPSA) is 55.1 Å². The summed E-state index contributed by atoms with van der Waals surface area (Å²) in [5.74, 6) is -0.216. The monoisotopic (exact) mass is 312 g/mol. The third-order valence-corrected chi connectivity index (χ3v) is 4.38. The van der Waals surface area contributed by atoms with Gasteiger partial charge in [0.2, 0.25) is 0 Å². The average Bonchev–Trinajstić information content (AvgIpc) is 3.14. The molecule has 0 aliphatic rings. The molecule has 0 unspecified atom stereocenters. The number of anilines is 1. The third kappa shape index (κ3) is 2.80. The lowest BCUT2D eigenvalue weighted by molar-refractivity contribution is 0.102. The fourth-order valence-corrected chi connectivity index (χ4v) is 2.96. The summed E-state index contributed by atoms with van der Waals surface area (Å²) in [6, 6.07) is 5.92. The molecule has 2 heterocycles. The van der Waals surface area contributed by atoms with Crippen LogP contribution in [0.3, 0.4) is 0 Å². The van der Waals surface area contributed by atoms with Crippen LogP contribution in [0.25, 0.3) is 11.3 Å². The fourth-order valence-electron chi connectivity index (χ4n) is 2.25. The molecule has 1 N–H and O–H groups in total. The Labute approximate surface area is 132 Å². The van der Waals surface area contributed by atoms with Gasteiger partial charge >= 0.3 is 0 Å². The van der Waals surface area contributed by atoms with Crippen LogP contribution in [0.15, 0.2) is 40.5 Å². The lowest BCUT2D eigenvalue weighted by Gasteiger charge is -2.07. The van der Waals surface area contributed by atoms with Crippen LogP contribution in [-0.4, -0.2) is 10.9 Å². The molecule has 2 aromatic heterocycles. The summed E-state index contributed by atoms with van der Waals surface area (Å²) in [6.07, 6.45) is 2.89. The highest BCUT2D eigenvalue weighted by Gasteiger charge is 2.12. The molecule has 112 valence electrons. The van der Waals surface area contributed by atoms with Crippen molar-refractivity contribution >= 4 is 22.4 Å². The molecule has 0 bridgehead atoms. The van der Waals surface area contributed by atoms with Crippen LogP contribution < -0.4 is 5.32 Å². The molecule has 0 fully saturated rings. The maximum absolute atomic E-state index is 12.0. The van der Waals surface area contributed by atoms with Crippen molar-refractivity contribution in [3.8, 4) is 11.3 Å². The van der Waals surface area contributed by atoms with Crippen molar-refractivity contribution in [3.63, 3.8) is 0 Å². The predicted octanol–water partition coefficient (Wildman–Crippen LogP) is 4.58. The summed E-state index contributed by atoms with van der Waals surface area (Å²) in [4.78, 5) is 16.5. The molecule has 0 saturated heterocycles. The number of thiazole rings is 1. The second-order valence-corrected chi connectivity index (χ2v) is 6.11. The molecule has 0 spiro atoms. The van der Waals surface area contributed by atoms with Gasteiger partial charge in [-0.2, -0.15) is 0 Å². The van der Waals surface area contributed by atoms with E-state index in [0.717, 1.165) is 11.3 Å². The number of aryl methyl sites for hydroxylation is 3. The van der Waals surface area contributed by atoms with Crippen LogP contribution in [-0.2, 0) is 0 Å². The number of nitrogens with one attached hydrogen (secondary N) is 1. The van der Waals surface area contributed by atoms with Crippen LogP contribution >= 0.6 is 11.3 Å².